The molecule has 0 aliphatic heterocycles. The number of halogens is 2. The molecule has 1 rings (SSSR count). The topological polar surface area (TPSA) is 67.4 Å². The lowest BCUT2D eigenvalue weighted by Crippen LogP contribution is -2.37. The monoisotopic (exact) mass is 372 g/mol. The summed E-state index contributed by atoms with van der Waals surface area (Å²) >= 11 is 3.26. The second kappa shape index (κ2) is 8.06. The summed E-state index contributed by atoms with van der Waals surface area (Å²) in [6.45, 7) is 2.22. The third-order valence-corrected chi connectivity index (χ3v) is 4.32. The number of sulfonamides is 1. The zero-order valence-electron chi connectivity index (χ0n) is 10.9. The molecule has 0 saturated heterocycles. The van der Waals surface area contributed by atoms with Crippen LogP contribution in [-0.4, -0.2) is 35.2 Å². The molecule has 0 saturated carbocycles. The minimum atomic E-state index is -3.52. The Balaban J connectivity index is 0.00000324. The summed E-state index contributed by atoms with van der Waals surface area (Å²) in [6.07, 6.45) is 0. The van der Waals surface area contributed by atoms with Crippen LogP contribution in [-0.2, 0) is 10.0 Å². The average molecular weight is 374 g/mol. The van der Waals surface area contributed by atoms with Gasteiger partial charge in [0.25, 0.3) is 0 Å². The maximum absolute atomic E-state index is 12.1. The molecule has 0 heterocycles. The summed E-state index contributed by atoms with van der Waals surface area (Å²) in [5, 5.41) is 2.96. The molecule has 1 aromatic rings. The third-order valence-electron chi connectivity index (χ3n) is 2.46. The Bertz CT molecular complexity index is 511. The van der Waals surface area contributed by atoms with Gasteiger partial charge in [-0.05, 0) is 26.1 Å². The second-order valence-corrected chi connectivity index (χ2v) is 6.55. The number of hydrogen-bond acceptors (Lipinski definition) is 4. The van der Waals surface area contributed by atoms with Crippen LogP contribution in [0.5, 0.6) is 5.75 Å². The van der Waals surface area contributed by atoms with Gasteiger partial charge >= 0.3 is 0 Å². The van der Waals surface area contributed by atoms with Crippen LogP contribution in [0.1, 0.15) is 6.92 Å². The Morgan fingerprint density at radius 1 is 1.37 bits per heavy atom. The summed E-state index contributed by atoms with van der Waals surface area (Å²) in [5.74, 6) is 0.492. The maximum Gasteiger partial charge on any atom is 0.240 e. The van der Waals surface area contributed by atoms with E-state index in [0.29, 0.717) is 16.8 Å². The van der Waals surface area contributed by atoms with Crippen LogP contribution in [0, 0.1) is 0 Å². The van der Waals surface area contributed by atoms with Crippen LogP contribution in [0.2, 0.25) is 0 Å². The van der Waals surface area contributed by atoms with Crippen molar-refractivity contribution in [1.82, 2.24) is 10.0 Å². The van der Waals surface area contributed by atoms with E-state index in [0.717, 1.165) is 0 Å². The Labute approximate surface area is 128 Å². The number of ether oxygens (including phenoxy) is 1. The van der Waals surface area contributed by atoms with Gasteiger partial charge in [0.2, 0.25) is 10.0 Å². The molecular weight excluding hydrogens is 356 g/mol. The first-order chi connectivity index (χ1) is 8.39. The van der Waals surface area contributed by atoms with Gasteiger partial charge in [-0.15, -0.1) is 12.4 Å². The van der Waals surface area contributed by atoms with Crippen molar-refractivity contribution in [3.05, 3.63) is 22.7 Å². The SMILES string of the molecule is CNC(C)CNS(=O)(=O)c1cc(Br)cc(OC)c1.Cl. The summed E-state index contributed by atoms with van der Waals surface area (Å²) in [7, 11) is -0.247. The Morgan fingerprint density at radius 3 is 2.53 bits per heavy atom. The highest BCUT2D eigenvalue weighted by atomic mass is 79.9. The Morgan fingerprint density at radius 2 is 2.00 bits per heavy atom. The standard InChI is InChI=1S/C11H17BrN2O3S.ClH/c1-8(13-2)7-14-18(15,16)11-5-9(12)4-10(6-11)17-3;/h4-6,8,13-14H,7H2,1-3H3;1H. The number of methoxy groups -OCH3 is 1. The van der Waals surface area contributed by atoms with Gasteiger partial charge in [0.15, 0.2) is 0 Å². The van der Waals surface area contributed by atoms with E-state index in [-0.39, 0.29) is 23.3 Å². The predicted octanol–water partition coefficient (Wildman–Crippen LogP) is 1.77. The van der Waals surface area contributed by atoms with Crippen molar-refractivity contribution in [3.63, 3.8) is 0 Å². The fourth-order valence-corrected chi connectivity index (χ4v) is 3.04. The quantitative estimate of drug-likeness (QED) is 0.797. The molecule has 0 spiro atoms. The first kappa shape index (κ1) is 18.7. The highest BCUT2D eigenvalue weighted by molar-refractivity contribution is 9.10. The van der Waals surface area contributed by atoms with Crippen molar-refractivity contribution >= 4 is 38.4 Å². The van der Waals surface area contributed by atoms with E-state index in [1.807, 2.05) is 6.92 Å². The lowest BCUT2D eigenvalue weighted by molar-refractivity contribution is 0.413. The van der Waals surface area contributed by atoms with Crippen molar-refractivity contribution in [1.29, 1.82) is 0 Å². The van der Waals surface area contributed by atoms with Gasteiger partial charge in [0.1, 0.15) is 5.75 Å². The fourth-order valence-electron chi connectivity index (χ4n) is 1.23. The van der Waals surface area contributed by atoms with Gasteiger partial charge in [-0.1, -0.05) is 15.9 Å². The molecule has 0 radical (unpaired) electrons. The Kier molecular flexibility index (Phi) is 7.92. The summed E-state index contributed by atoms with van der Waals surface area (Å²) in [4.78, 5) is 0.178. The molecule has 1 atom stereocenters. The number of likely N-dealkylation sites (N-methyl/N-ethyl adjacent to an activating group) is 1. The predicted molar refractivity (Wildman–Crippen MR) is 81.7 cm³/mol. The van der Waals surface area contributed by atoms with Crippen molar-refractivity contribution in [3.8, 4) is 5.75 Å². The van der Waals surface area contributed by atoms with E-state index in [2.05, 4.69) is 26.0 Å². The molecule has 0 aromatic heterocycles. The van der Waals surface area contributed by atoms with E-state index in [1.165, 1.54) is 19.2 Å². The van der Waals surface area contributed by atoms with Crippen molar-refractivity contribution < 1.29 is 13.2 Å². The zero-order chi connectivity index (χ0) is 13.8. The molecule has 19 heavy (non-hydrogen) atoms. The van der Waals surface area contributed by atoms with E-state index >= 15 is 0 Å². The molecular formula is C11H18BrClN2O3S. The Hall–Kier alpha value is -0.340. The molecule has 110 valence electrons. The smallest absolute Gasteiger partial charge is 0.240 e. The van der Waals surface area contributed by atoms with Gasteiger partial charge in [-0.2, -0.15) is 0 Å². The molecule has 0 bridgehead atoms. The first-order valence-corrected chi connectivity index (χ1v) is 7.68. The van der Waals surface area contributed by atoms with Crippen LogP contribution in [0.4, 0.5) is 0 Å². The minimum absolute atomic E-state index is 0. The fraction of sp³-hybridized carbons (Fsp3) is 0.455. The number of hydrogen-bond donors (Lipinski definition) is 2. The summed E-state index contributed by atoms with van der Waals surface area (Å²) in [6, 6.07) is 4.79. The average Bonchev–Trinajstić information content (AvgIpc) is 2.35. The van der Waals surface area contributed by atoms with Crippen molar-refractivity contribution in [2.45, 2.75) is 17.9 Å². The molecule has 0 aliphatic rings. The van der Waals surface area contributed by atoms with Crippen molar-refractivity contribution in [2.24, 2.45) is 0 Å². The normalized spacial score (nSPS) is 12.6. The first-order valence-electron chi connectivity index (χ1n) is 5.40. The highest BCUT2D eigenvalue weighted by Gasteiger charge is 2.16. The molecule has 8 heteroatoms. The van der Waals surface area contributed by atoms with Gasteiger partial charge in [-0.25, -0.2) is 13.1 Å². The number of nitrogens with one attached hydrogen (secondary N) is 2. The lowest BCUT2D eigenvalue weighted by atomic mass is 10.3. The zero-order valence-corrected chi connectivity index (χ0v) is 14.2. The minimum Gasteiger partial charge on any atom is -0.497 e. The van der Waals surface area contributed by atoms with Crippen LogP contribution in [0.3, 0.4) is 0 Å². The second-order valence-electron chi connectivity index (χ2n) is 3.87. The van der Waals surface area contributed by atoms with E-state index in [4.69, 9.17) is 4.74 Å². The third kappa shape index (κ3) is 5.66. The van der Waals surface area contributed by atoms with Gasteiger partial charge in [0, 0.05) is 23.1 Å². The van der Waals surface area contributed by atoms with Crippen molar-refractivity contribution in [2.75, 3.05) is 20.7 Å². The number of rotatable bonds is 6. The summed E-state index contributed by atoms with van der Waals surface area (Å²) < 4.78 is 32.4. The van der Waals surface area contributed by atoms with E-state index < -0.39 is 10.0 Å². The van der Waals surface area contributed by atoms with Gasteiger partial charge in [0.05, 0.1) is 12.0 Å². The van der Waals surface area contributed by atoms with Gasteiger partial charge in [-0.3, -0.25) is 0 Å². The molecule has 5 nitrogen and oxygen atoms in total. The molecule has 2 N–H and O–H groups in total. The molecule has 0 aliphatic carbocycles. The van der Waals surface area contributed by atoms with Crippen LogP contribution >= 0.6 is 28.3 Å². The highest BCUT2D eigenvalue weighted by Crippen LogP contribution is 2.23. The maximum atomic E-state index is 12.1. The lowest BCUT2D eigenvalue weighted by Gasteiger charge is -2.12. The van der Waals surface area contributed by atoms with Crippen LogP contribution in [0.25, 0.3) is 0 Å². The number of benzene rings is 1. The van der Waals surface area contributed by atoms with Crippen LogP contribution < -0.4 is 14.8 Å². The molecule has 0 amide bonds. The molecule has 1 aromatic carbocycles. The van der Waals surface area contributed by atoms with E-state index in [9.17, 15) is 8.42 Å². The summed E-state index contributed by atoms with van der Waals surface area (Å²) in [5.41, 5.74) is 0. The largest absolute Gasteiger partial charge is 0.497 e. The van der Waals surface area contributed by atoms with Crippen LogP contribution in [0.15, 0.2) is 27.6 Å². The molecule has 0 fully saturated rings. The van der Waals surface area contributed by atoms with E-state index in [1.54, 1.807) is 13.1 Å². The van der Waals surface area contributed by atoms with Gasteiger partial charge < -0.3 is 10.1 Å². The molecule has 1 unspecified atom stereocenters.